The van der Waals surface area contributed by atoms with E-state index in [2.05, 4.69) is 9.97 Å². The molecule has 6 nitrogen and oxygen atoms in total. The minimum absolute atomic E-state index is 0.0380. The van der Waals surface area contributed by atoms with Crippen molar-refractivity contribution < 1.29 is 14.2 Å². The third-order valence-electron chi connectivity index (χ3n) is 2.68. The zero-order valence-corrected chi connectivity index (χ0v) is 12.6. The molecule has 0 bridgehead atoms. The molecular weight excluding hydrogens is 270 g/mol. The summed E-state index contributed by atoms with van der Waals surface area (Å²) >= 11 is 0. The van der Waals surface area contributed by atoms with Gasteiger partial charge in [0.15, 0.2) is 17.2 Å². The first-order chi connectivity index (χ1) is 10.0. The number of aromatic nitrogens is 2. The first-order valence-corrected chi connectivity index (χ1v) is 6.61. The molecule has 21 heavy (non-hydrogen) atoms. The third-order valence-corrected chi connectivity index (χ3v) is 2.68. The topological polar surface area (TPSA) is 79.5 Å². The van der Waals surface area contributed by atoms with Gasteiger partial charge in [-0.1, -0.05) is 6.07 Å². The smallest absolute Gasteiger partial charge is 0.250 e. The van der Waals surface area contributed by atoms with Gasteiger partial charge in [0.2, 0.25) is 11.8 Å². The van der Waals surface area contributed by atoms with Crippen LogP contribution in [0.2, 0.25) is 0 Å². The summed E-state index contributed by atoms with van der Waals surface area (Å²) in [4.78, 5) is 8.05. The molecule has 0 radical (unpaired) electrons. The lowest BCUT2D eigenvalue weighted by atomic mass is 10.2. The second kappa shape index (κ2) is 6.30. The van der Waals surface area contributed by atoms with Gasteiger partial charge in [-0.3, -0.25) is 0 Å². The fourth-order valence-corrected chi connectivity index (χ4v) is 1.73. The Morgan fingerprint density at radius 1 is 1.10 bits per heavy atom. The number of hydrogen-bond acceptors (Lipinski definition) is 6. The van der Waals surface area contributed by atoms with Gasteiger partial charge in [0, 0.05) is 0 Å². The lowest BCUT2D eigenvalue weighted by molar-refractivity contribution is 0.232. The monoisotopic (exact) mass is 289 g/mol. The van der Waals surface area contributed by atoms with Crippen molar-refractivity contribution in [3.63, 3.8) is 0 Å². The van der Waals surface area contributed by atoms with E-state index in [9.17, 15) is 0 Å². The Kier molecular flexibility index (Phi) is 4.47. The normalized spacial score (nSPS) is 10.5. The molecule has 0 fully saturated rings. The molecule has 112 valence electrons. The standard InChI is InChI=1S/C15H19N3O3/c1-9(2)20-14-13(16)15(18-8-17-14)21-11-6-5-10(3)7-12(11)19-4/h5-9H,16H2,1-4H3. The Morgan fingerprint density at radius 2 is 1.81 bits per heavy atom. The second-order valence-corrected chi connectivity index (χ2v) is 4.82. The molecule has 2 aromatic rings. The Balaban J connectivity index is 2.32. The number of rotatable bonds is 5. The Hall–Kier alpha value is -2.50. The first kappa shape index (κ1) is 14.9. The zero-order valence-electron chi connectivity index (χ0n) is 12.6. The SMILES string of the molecule is COc1cc(C)ccc1Oc1ncnc(OC(C)C)c1N. The van der Waals surface area contributed by atoms with Gasteiger partial charge in [-0.2, -0.15) is 9.97 Å². The van der Waals surface area contributed by atoms with Crippen LogP contribution in [0.1, 0.15) is 19.4 Å². The number of methoxy groups -OCH3 is 1. The number of aryl methyl sites for hydroxylation is 1. The molecule has 1 aromatic carbocycles. The van der Waals surface area contributed by atoms with Gasteiger partial charge in [0.05, 0.1) is 13.2 Å². The van der Waals surface area contributed by atoms with Crippen molar-refractivity contribution in [1.29, 1.82) is 0 Å². The molecule has 0 unspecified atom stereocenters. The molecule has 0 aliphatic rings. The summed E-state index contributed by atoms with van der Waals surface area (Å²) in [7, 11) is 1.58. The number of anilines is 1. The summed E-state index contributed by atoms with van der Waals surface area (Å²) in [5.74, 6) is 1.69. The maximum atomic E-state index is 5.99. The fraction of sp³-hybridized carbons (Fsp3) is 0.333. The molecule has 0 aliphatic carbocycles. The average molecular weight is 289 g/mol. The van der Waals surface area contributed by atoms with E-state index in [-0.39, 0.29) is 17.7 Å². The summed E-state index contributed by atoms with van der Waals surface area (Å²) in [5.41, 5.74) is 7.31. The highest BCUT2D eigenvalue weighted by Crippen LogP contribution is 2.35. The van der Waals surface area contributed by atoms with Crippen molar-refractivity contribution in [1.82, 2.24) is 9.97 Å². The van der Waals surface area contributed by atoms with Crippen molar-refractivity contribution in [2.75, 3.05) is 12.8 Å². The summed E-state index contributed by atoms with van der Waals surface area (Å²) in [5, 5.41) is 0. The van der Waals surface area contributed by atoms with Crippen LogP contribution in [0.4, 0.5) is 5.69 Å². The third kappa shape index (κ3) is 3.53. The van der Waals surface area contributed by atoms with Crippen molar-refractivity contribution in [3.05, 3.63) is 30.1 Å². The Morgan fingerprint density at radius 3 is 2.48 bits per heavy atom. The van der Waals surface area contributed by atoms with E-state index in [4.69, 9.17) is 19.9 Å². The van der Waals surface area contributed by atoms with Crippen LogP contribution in [0.5, 0.6) is 23.3 Å². The van der Waals surface area contributed by atoms with E-state index in [1.54, 1.807) is 13.2 Å². The Bertz CT molecular complexity index is 630. The lowest BCUT2D eigenvalue weighted by Crippen LogP contribution is -2.10. The zero-order chi connectivity index (χ0) is 15.4. The van der Waals surface area contributed by atoms with Crippen molar-refractivity contribution in [2.45, 2.75) is 26.9 Å². The Labute approximate surface area is 123 Å². The van der Waals surface area contributed by atoms with Crippen LogP contribution >= 0.6 is 0 Å². The van der Waals surface area contributed by atoms with Gasteiger partial charge >= 0.3 is 0 Å². The molecule has 0 amide bonds. The summed E-state index contributed by atoms with van der Waals surface area (Å²) in [6.45, 7) is 5.76. The number of benzene rings is 1. The molecule has 0 atom stereocenters. The number of nitrogens with two attached hydrogens (primary N) is 1. The van der Waals surface area contributed by atoms with Gasteiger partial charge < -0.3 is 19.9 Å². The fourth-order valence-electron chi connectivity index (χ4n) is 1.73. The van der Waals surface area contributed by atoms with Gasteiger partial charge in [-0.05, 0) is 38.5 Å². The highest BCUT2D eigenvalue weighted by Gasteiger charge is 2.14. The highest BCUT2D eigenvalue weighted by molar-refractivity contribution is 5.58. The molecule has 0 saturated heterocycles. The summed E-state index contributed by atoms with van der Waals surface area (Å²) in [6.07, 6.45) is 1.31. The van der Waals surface area contributed by atoms with E-state index in [1.165, 1.54) is 6.33 Å². The molecule has 0 aliphatic heterocycles. The first-order valence-electron chi connectivity index (χ1n) is 6.61. The van der Waals surface area contributed by atoms with Gasteiger partial charge in [0.25, 0.3) is 0 Å². The molecule has 6 heteroatoms. The minimum atomic E-state index is -0.0380. The molecule has 0 saturated carbocycles. The quantitative estimate of drug-likeness (QED) is 0.911. The maximum absolute atomic E-state index is 5.99. The van der Waals surface area contributed by atoms with Crippen LogP contribution in [0, 0.1) is 6.92 Å². The molecule has 1 aromatic heterocycles. The van der Waals surface area contributed by atoms with Gasteiger partial charge in [-0.25, -0.2) is 0 Å². The minimum Gasteiger partial charge on any atom is -0.493 e. The van der Waals surface area contributed by atoms with Crippen LogP contribution in [0.15, 0.2) is 24.5 Å². The van der Waals surface area contributed by atoms with Gasteiger partial charge in [0.1, 0.15) is 6.33 Å². The average Bonchev–Trinajstić information content (AvgIpc) is 2.44. The number of nitrogen functional groups attached to an aromatic ring is 1. The number of ether oxygens (including phenoxy) is 3. The van der Waals surface area contributed by atoms with E-state index in [0.717, 1.165) is 5.56 Å². The molecule has 2 rings (SSSR count). The largest absolute Gasteiger partial charge is 0.493 e. The number of hydrogen-bond donors (Lipinski definition) is 1. The molecule has 2 N–H and O–H groups in total. The van der Waals surface area contributed by atoms with E-state index < -0.39 is 0 Å². The van der Waals surface area contributed by atoms with Crippen molar-refractivity contribution >= 4 is 5.69 Å². The van der Waals surface area contributed by atoms with Crippen molar-refractivity contribution in [3.8, 4) is 23.3 Å². The molecule has 1 heterocycles. The molecular formula is C15H19N3O3. The van der Waals surface area contributed by atoms with E-state index >= 15 is 0 Å². The summed E-state index contributed by atoms with van der Waals surface area (Å²) < 4.78 is 16.5. The van der Waals surface area contributed by atoms with E-state index in [0.29, 0.717) is 17.4 Å². The van der Waals surface area contributed by atoms with Crippen LogP contribution in [-0.2, 0) is 0 Å². The predicted octanol–water partition coefficient (Wildman–Crippen LogP) is 2.96. The van der Waals surface area contributed by atoms with Gasteiger partial charge in [-0.15, -0.1) is 0 Å². The predicted molar refractivity (Wildman–Crippen MR) is 80.0 cm³/mol. The van der Waals surface area contributed by atoms with Crippen LogP contribution in [-0.4, -0.2) is 23.2 Å². The van der Waals surface area contributed by atoms with Crippen LogP contribution in [0.3, 0.4) is 0 Å². The highest BCUT2D eigenvalue weighted by atomic mass is 16.5. The second-order valence-electron chi connectivity index (χ2n) is 4.82. The molecule has 0 spiro atoms. The number of nitrogens with zero attached hydrogens (tertiary/aromatic N) is 2. The van der Waals surface area contributed by atoms with Crippen molar-refractivity contribution in [2.24, 2.45) is 0 Å². The van der Waals surface area contributed by atoms with E-state index in [1.807, 2.05) is 32.9 Å². The van der Waals surface area contributed by atoms with Crippen LogP contribution in [0.25, 0.3) is 0 Å². The lowest BCUT2D eigenvalue weighted by Gasteiger charge is -2.14. The van der Waals surface area contributed by atoms with Crippen LogP contribution < -0.4 is 19.9 Å². The maximum Gasteiger partial charge on any atom is 0.250 e. The summed E-state index contributed by atoms with van der Waals surface area (Å²) in [6, 6.07) is 5.59.